The average molecular weight is 272 g/mol. The van der Waals surface area contributed by atoms with Gasteiger partial charge in [-0.1, -0.05) is 13.8 Å². The van der Waals surface area contributed by atoms with Gasteiger partial charge >= 0.3 is 0 Å². The minimum absolute atomic E-state index is 0.135. The molecule has 1 aliphatic heterocycles. The first-order valence-electron chi connectivity index (χ1n) is 6.81. The van der Waals surface area contributed by atoms with E-state index in [4.69, 9.17) is 0 Å². The molecule has 0 aliphatic carbocycles. The van der Waals surface area contributed by atoms with Crippen LogP contribution in [0.15, 0.2) is 0 Å². The minimum Gasteiger partial charge on any atom is -0.462 e. The highest BCUT2D eigenvalue weighted by molar-refractivity contribution is 5.78. The van der Waals surface area contributed by atoms with Crippen molar-refractivity contribution < 1.29 is 14.3 Å². The number of rotatable bonds is 2. The number of carbonyl (C=O) groups excluding carboxylic acids is 2. The summed E-state index contributed by atoms with van der Waals surface area (Å²) < 4.78 is 4.55. The molecule has 0 unspecified atom stereocenters. The fraction of sp³-hybridized carbons (Fsp3) is 0.857. The molecule has 1 atom stereocenters. The smallest absolute Gasteiger partial charge is 0.293 e. The third-order valence-electron chi connectivity index (χ3n) is 2.58. The van der Waals surface area contributed by atoms with Crippen LogP contribution < -0.4 is 5.32 Å². The summed E-state index contributed by atoms with van der Waals surface area (Å²) in [4.78, 5) is 23.1. The molecule has 1 N–H and O–H groups in total. The van der Waals surface area contributed by atoms with Gasteiger partial charge in [-0.25, -0.2) is 0 Å². The van der Waals surface area contributed by atoms with Crippen LogP contribution in [0.1, 0.15) is 41.5 Å². The molecule has 0 spiro atoms. The zero-order chi connectivity index (χ0) is 15.1. The van der Waals surface area contributed by atoms with Crippen LogP contribution in [0.2, 0.25) is 0 Å². The Morgan fingerprint density at radius 1 is 1.42 bits per heavy atom. The first-order valence-corrected chi connectivity index (χ1v) is 6.81. The molecule has 0 bridgehead atoms. The molecular formula is C14H28N2O3. The molecule has 112 valence electrons. The second-order valence-electron chi connectivity index (χ2n) is 6.12. The maximum absolute atomic E-state index is 11.5. The van der Waals surface area contributed by atoms with Gasteiger partial charge in [0.15, 0.2) is 0 Å². The summed E-state index contributed by atoms with van der Waals surface area (Å²) in [5.41, 5.74) is -0.318. The Bertz CT molecular complexity index is 285. The molecule has 0 aromatic carbocycles. The van der Waals surface area contributed by atoms with Gasteiger partial charge in [0.05, 0.1) is 0 Å². The maximum atomic E-state index is 11.5. The SMILES string of the molecule is CC(C)(C)OC=O.CC(C)C(=O)N1CCN[C@@H](C)C1. The van der Waals surface area contributed by atoms with E-state index in [0.717, 1.165) is 19.6 Å². The van der Waals surface area contributed by atoms with Gasteiger partial charge in [-0.3, -0.25) is 9.59 Å². The Balaban J connectivity index is 0.000000399. The molecule has 1 fully saturated rings. The number of amides is 1. The molecule has 5 heteroatoms. The van der Waals surface area contributed by atoms with Crippen LogP contribution in [-0.2, 0) is 14.3 Å². The van der Waals surface area contributed by atoms with Crippen molar-refractivity contribution in [3.05, 3.63) is 0 Å². The molecule has 1 saturated heterocycles. The summed E-state index contributed by atoms with van der Waals surface area (Å²) in [5.74, 6) is 0.415. The number of nitrogens with one attached hydrogen (secondary N) is 1. The van der Waals surface area contributed by atoms with Gasteiger partial charge in [0, 0.05) is 31.6 Å². The van der Waals surface area contributed by atoms with Crippen molar-refractivity contribution in [2.24, 2.45) is 5.92 Å². The van der Waals surface area contributed by atoms with Crippen LogP contribution in [0.5, 0.6) is 0 Å². The zero-order valence-corrected chi connectivity index (χ0v) is 13.0. The highest BCUT2D eigenvalue weighted by Gasteiger charge is 2.21. The molecule has 1 rings (SSSR count). The summed E-state index contributed by atoms with van der Waals surface area (Å²) in [5, 5.41) is 3.31. The lowest BCUT2D eigenvalue weighted by Crippen LogP contribution is -2.52. The summed E-state index contributed by atoms with van der Waals surface area (Å²) in [6, 6.07) is 0.446. The van der Waals surface area contributed by atoms with E-state index in [1.54, 1.807) is 0 Å². The Morgan fingerprint density at radius 2 is 2.00 bits per heavy atom. The topological polar surface area (TPSA) is 58.6 Å². The largest absolute Gasteiger partial charge is 0.462 e. The van der Waals surface area contributed by atoms with Crippen molar-refractivity contribution in [1.29, 1.82) is 0 Å². The molecule has 1 heterocycles. The van der Waals surface area contributed by atoms with Crippen molar-refractivity contribution in [1.82, 2.24) is 10.2 Å². The lowest BCUT2D eigenvalue weighted by Gasteiger charge is -2.33. The molecule has 19 heavy (non-hydrogen) atoms. The summed E-state index contributed by atoms with van der Waals surface area (Å²) >= 11 is 0. The molecule has 0 aromatic heterocycles. The molecule has 1 aliphatic rings. The van der Waals surface area contributed by atoms with Crippen molar-refractivity contribution >= 4 is 12.4 Å². The quantitative estimate of drug-likeness (QED) is 0.772. The lowest BCUT2D eigenvalue weighted by atomic mass is 10.1. The number of hydrogen-bond donors (Lipinski definition) is 1. The van der Waals surface area contributed by atoms with Crippen LogP contribution in [-0.4, -0.2) is 48.6 Å². The number of carbonyl (C=O) groups is 2. The van der Waals surface area contributed by atoms with Gasteiger partial charge in [0.25, 0.3) is 6.47 Å². The van der Waals surface area contributed by atoms with E-state index in [1.807, 2.05) is 39.5 Å². The Hall–Kier alpha value is -1.10. The van der Waals surface area contributed by atoms with Gasteiger partial charge in [-0.2, -0.15) is 0 Å². The second kappa shape index (κ2) is 8.15. The first kappa shape index (κ1) is 17.9. The minimum atomic E-state index is -0.318. The van der Waals surface area contributed by atoms with Gasteiger partial charge in [0.2, 0.25) is 5.91 Å². The van der Waals surface area contributed by atoms with Crippen molar-refractivity contribution in [2.45, 2.75) is 53.2 Å². The molecule has 5 nitrogen and oxygen atoms in total. The maximum Gasteiger partial charge on any atom is 0.293 e. The van der Waals surface area contributed by atoms with E-state index >= 15 is 0 Å². The van der Waals surface area contributed by atoms with Gasteiger partial charge in [0.1, 0.15) is 5.60 Å². The zero-order valence-electron chi connectivity index (χ0n) is 13.0. The van der Waals surface area contributed by atoms with E-state index in [1.165, 1.54) is 0 Å². The van der Waals surface area contributed by atoms with E-state index in [2.05, 4.69) is 17.0 Å². The van der Waals surface area contributed by atoms with Crippen LogP contribution in [0.25, 0.3) is 0 Å². The predicted octanol–water partition coefficient (Wildman–Crippen LogP) is 1.42. The van der Waals surface area contributed by atoms with Gasteiger partial charge < -0.3 is 15.0 Å². The van der Waals surface area contributed by atoms with E-state index in [9.17, 15) is 9.59 Å². The van der Waals surface area contributed by atoms with Crippen LogP contribution in [0.3, 0.4) is 0 Å². The standard InChI is InChI=1S/C9H18N2O.C5H10O2/c1-7(2)9(12)11-5-4-10-8(3)6-11;1-5(2,3)7-4-6/h7-8,10H,4-6H2,1-3H3;4H,1-3H3/t8-;/m0./s1. The molecular weight excluding hydrogens is 244 g/mol. The fourth-order valence-corrected chi connectivity index (χ4v) is 1.64. The predicted molar refractivity (Wildman–Crippen MR) is 75.8 cm³/mol. The van der Waals surface area contributed by atoms with E-state index in [0.29, 0.717) is 12.5 Å². The van der Waals surface area contributed by atoms with E-state index < -0.39 is 0 Å². The van der Waals surface area contributed by atoms with Gasteiger partial charge in [-0.05, 0) is 27.7 Å². The fourth-order valence-electron chi connectivity index (χ4n) is 1.64. The Kier molecular flexibility index (Phi) is 7.68. The lowest BCUT2D eigenvalue weighted by molar-refractivity contribution is -0.138. The van der Waals surface area contributed by atoms with Crippen molar-refractivity contribution in [3.63, 3.8) is 0 Å². The Morgan fingerprint density at radius 3 is 2.32 bits per heavy atom. The second-order valence-corrected chi connectivity index (χ2v) is 6.12. The number of hydrogen-bond acceptors (Lipinski definition) is 4. The average Bonchev–Trinajstić information content (AvgIpc) is 2.27. The number of nitrogens with zero attached hydrogens (tertiary/aromatic N) is 1. The Labute approximate surface area is 116 Å². The molecule has 1 amide bonds. The summed E-state index contributed by atoms with van der Waals surface area (Å²) in [6.07, 6.45) is 0. The normalized spacial score (nSPS) is 19.5. The summed E-state index contributed by atoms with van der Waals surface area (Å²) in [6.45, 7) is 14.6. The van der Waals surface area contributed by atoms with Crippen LogP contribution in [0, 0.1) is 5.92 Å². The number of piperazine rings is 1. The molecule has 0 aromatic rings. The van der Waals surface area contributed by atoms with Gasteiger partial charge in [-0.15, -0.1) is 0 Å². The van der Waals surface area contributed by atoms with Crippen LogP contribution in [0.4, 0.5) is 0 Å². The number of ether oxygens (including phenoxy) is 1. The third-order valence-corrected chi connectivity index (χ3v) is 2.58. The summed E-state index contributed by atoms with van der Waals surface area (Å²) in [7, 11) is 0. The first-order chi connectivity index (χ1) is 8.67. The van der Waals surface area contributed by atoms with Crippen molar-refractivity contribution in [3.8, 4) is 0 Å². The highest BCUT2D eigenvalue weighted by atomic mass is 16.5. The highest BCUT2D eigenvalue weighted by Crippen LogP contribution is 2.05. The van der Waals surface area contributed by atoms with Crippen molar-refractivity contribution in [2.75, 3.05) is 19.6 Å². The monoisotopic (exact) mass is 272 g/mol. The van der Waals surface area contributed by atoms with E-state index in [-0.39, 0.29) is 17.4 Å². The van der Waals surface area contributed by atoms with Crippen LogP contribution >= 0.6 is 0 Å². The molecule has 0 saturated carbocycles. The molecule has 0 radical (unpaired) electrons. The third kappa shape index (κ3) is 8.59.